The molecule has 107 heavy (non-hydrogen) atoms. The molecule has 14 rings (SSSR count). The number of unbranched alkanes of at least 4 members (excludes halogenated alkanes) is 5. The van der Waals surface area contributed by atoms with Crippen LogP contribution in [0.2, 0.25) is 10.0 Å². The van der Waals surface area contributed by atoms with Crippen LogP contribution in [-0.4, -0.2) is 147 Å². The van der Waals surface area contributed by atoms with Crippen molar-refractivity contribution in [1.29, 1.82) is 0 Å². The molecule has 4 aromatic heterocycles. The van der Waals surface area contributed by atoms with Gasteiger partial charge in [0, 0.05) is 61.4 Å². The van der Waals surface area contributed by atoms with Crippen molar-refractivity contribution in [3.8, 4) is 21.5 Å². The molecule has 560 valence electrons. The Hall–Kier alpha value is -10.4. The van der Waals surface area contributed by atoms with E-state index < -0.39 is 71.5 Å². The summed E-state index contributed by atoms with van der Waals surface area (Å²) in [5, 5.41) is 37.3. The third-order valence-corrected chi connectivity index (χ3v) is 21.9. The molecule has 6 aliphatic rings. The molecule has 0 saturated carbocycles. The Balaban J connectivity index is 0.000000187. The highest BCUT2D eigenvalue weighted by molar-refractivity contribution is 7.15. The molecule has 8 aromatic rings. The molecular weight excluding hydrogens is 1450 g/mol. The molecule has 6 aliphatic heterocycles. The standard InChI is InChI=1S/C37H36ClN7O6S.C19H17ClN4O2S.C19H22N2O5.2CH4/c1-19-20(2)52-37-30(19)32(22-10-12-23(38)13-11-22)40-25(33-43-42-21(3)44(33)37)18-29(47)39-16-5-4-6-17-51-27-9-7-8-24-31(27)36(50)45(35(24)49)26-14-15-28(46)41-34(26)48;1-9-10(2)27-19-16(9)17(12-4-6-13(20)7-5-12)21-14(8-15(25)26)18-23-22-11(3)24(18)19;1-2-3-4-5-11-26-14-8-6-7-12-16(14)19(25)21(18(12)24)13-9-10-15(22)20-17(13)23;;/h7-13,25-26H,4-6,14-18H2,1-3H3,(H,39,47)(H,41,46,48);4-7,14H,8H2,1-3H3,(H,25,26);6-8,13H,2-5,9-11H2,1H3,(H,20,22,23);2*1H4/t25-,26?;14-;;;/m00.../s1. The van der Waals surface area contributed by atoms with Crippen LogP contribution >= 0.6 is 45.9 Å². The number of imide groups is 4. The van der Waals surface area contributed by atoms with E-state index in [1.807, 2.05) is 71.5 Å². The quantitative estimate of drug-likeness (QED) is 0.0383. The summed E-state index contributed by atoms with van der Waals surface area (Å²) in [7, 11) is 0. The first-order chi connectivity index (χ1) is 50.4. The highest BCUT2D eigenvalue weighted by Crippen LogP contribution is 2.43. The monoisotopic (exact) mass is 1530 g/mol. The third kappa shape index (κ3) is 16.3. The number of thiophene rings is 2. The van der Waals surface area contributed by atoms with E-state index in [0.717, 1.165) is 108 Å². The number of nitrogens with zero attached hydrogens (tertiary/aromatic N) is 10. The van der Waals surface area contributed by atoms with E-state index in [1.165, 1.54) is 15.8 Å². The van der Waals surface area contributed by atoms with Gasteiger partial charge in [-0.1, -0.05) is 101 Å². The molecule has 0 aliphatic carbocycles. The van der Waals surface area contributed by atoms with Gasteiger partial charge in [-0.25, -0.2) is 0 Å². The van der Waals surface area contributed by atoms with Crippen molar-refractivity contribution < 1.29 is 62.5 Å². The maximum absolute atomic E-state index is 13.3. The fraction of sp³-hybridized carbons (Fsp3) is 0.377. The lowest BCUT2D eigenvalue weighted by Crippen LogP contribution is -2.54. The maximum Gasteiger partial charge on any atom is 0.306 e. The molecule has 4 atom stereocenters. The Morgan fingerprint density at radius 2 is 0.963 bits per heavy atom. The number of carbonyl (C=O) groups is 10. The van der Waals surface area contributed by atoms with E-state index in [9.17, 15) is 53.1 Å². The number of carbonyl (C=O) groups excluding carboxylic acids is 9. The lowest BCUT2D eigenvalue weighted by atomic mass is 9.99. The van der Waals surface area contributed by atoms with Crippen molar-refractivity contribution >= 4 is 116 Å². The molecule has 10 heterocycles. The number of hydrogen-bond donors (Lipinski definition) is 4. The first kappa shape index (κ1) is 79.2. The zero-order valence-corrected chi connectivity index (χ0v) is 61.7. The van der Waals surface area contributed by atoms with Crippen molar-refractivity contribution in [2.75, 3.05) is 19.8 Å². The van der Waals surface area contributed by atoms with Crippen molar-refractivity contribution in [2.24, 2.45) is 9.98 Å². The summed E-state index contributed by atoms with van der Waals surface area (Å²) in [6.07, 6.45) is 6.53. The van der Waals surface area contributed by atoms with Crippen LogP contribution in [0.15, 0.2) is 94.9 Å². The predicted molar refractivity (Wildman–Crippen MR) is 405 cm³/mol. The average molecular weight is 1530 g/mol. The molecule has 2 saturated heterocycles. The number of halogens is 2. The van der Waals surface area contributed by atoms with Crippen molar-refractivity contribution in [1.82, 2.24) is 55.3 Å². The summed E-state index contributed by atoms with van der Waals surface area (Å²) < 4.78 is 15.6. The average Bonchev–Trinajstić information content (AvgIpc) is 1.62. The number of rotatable bonds is 21. The molecule has 2 fully saturated rings. The smallest absolute Gasteiger partial charge is 0.306 e. The van der Waals surface area contributed by atoms with Gasteiger partial charge in [-0.05, 0) is 140 Å². The summed E-state index contributed by atoms with van der Waals surface area (Å²) in [4.78, 5) is 138. The van der Waals surface area contributed by atoms with Gasteiger partial charge in [0.2, 0.25) is 29.5 Å². The number of benzene rings is 4. The number of aliphatic imine (C=N–C) groups is 2. The molecule has 4 aromatic carbocycles. The van der Waals surface area contributed by atoms with Crippen LogP contribution in [0.4, 0.5) is 0 Å². The summed E-state index contributed by atoms with van der Waals surface area (Å²) in [6, 6.07) is 21.5. The van der Waals surface area contributed by atoms with Gasteiger partial charge in [-0.2, -0.15) is 0 Å². The zero-order valence-electron chi connectivity index (χ0n) is 58.6. The minimum absolute atomic E-state index is 0. The number of aryl methyl sites for hydroxylation is 4. The molecule has 30 heteroatoms. The summed E-state index contributed by atoms with van der Waals surface area (Å²) in [5.41, 5.74) is 8.33. The number of aliphatic carboxylic acids is 1. The molecular formula is C77H83Cl2N13O13S2. The van der Waals surface area contributed by atoms with Gasteiger partial charge in [-0.15, -0.1) is 43.1 Å². The molecule has 26 nitrogen and oxygen atoms in total. The largest absolute Gasteiger partial charge is 0.493 e. The van der Waals surface area contributed by atoms with E-state index in [4.69, 9.17) is 42.7 Å². The number of carboxylic acid groups (broad SMARTS) is 1. The molecule has 4 N–H and O–H groups in total. The van der Waals surface area contributed by atoms with Gasteiger partial charge in [0.1, 0.15) is 57.3 Å². The summed E-state index contributed by atoms with van der Waals surface area (Å²) in [5.74, 6) is -2.18. The van der Waals surface area contributed by atoms with Gasteiger partial charge in [0.15, 0.2) is 11.6 Å². The Bertz CT molecular complexity index is 4900. The number of amides is 9. The Morgan fingerprint density at radius 3 is 1.37 bits per heavy atom. The number of piperidine rings is 2. The molecule has 0 spiro atoms. The highest BCUT2D eigenvalue weighted by atomic mass is 35.5. The van der Waals surface area contributed by atoms with Crippen molar-refractivity contribution in [3.63, 3.8) is 0 Å². The minimum atomic E-state index is -1.04. The van der Waals surface area contributed by atoms with E-state index in [2.05, 4.69) is 71.0 Å². The molecule has 0 radical (unpaired) electrons. The number of fused-ring (bicyclic) bond motifs is 8. The topological polar surface area (TPSA) is 338 Å². The van der Waals surface area contributed by atoms with Crippen LogP contribution in [0.5, 0.6) is 11.5 Å². The second kappa shape index (κ2) is 34.0. The normalized spacial score (nSPS) is 17.5. The van der Waals surface area contributed by atoms with Crippen LogP contribution in [-0.2, 0) is 28.8 Å². The minimum Gasteiger partial charge on any atom is -0.493 e. The van der Waals surface area contributed by atoms with Crippen molar-refractivity contribution in [2.45, 2.75) is 171 Å². The fourth-order valence-electron chi connectivity index (χ4n) is 13.4. The van der Waals surface area contributed by atoms with E-state index >= 15 is 0 Å². The van der Waals surface area contributed by atoms with Gasteiger partial charge < -0.3 is 19.9 Å². The van der Waals surface area contributed by atoms with Crippen LogP contribution in [0.3, 0.4) is 0 Å². The van der Waals surface area contributed by atoms with Crippen molar-refractivity contribution in [3.05, 3.63) is 184 Å². The first-order valence-electron chi connectivity index (χ1n) is 34.6. The number of ether oxygens (including phenoxy) is 2. The Kier molecular flexibility index (Phi) is 25.2. The Morgan fingerprint density at radius 1 is 0.542 bits per heavy atom. The second-order valence-electron chi connectivity index (χ2n) is 26.0. The Labute approximate surface area is 636 Å². The SMILES string of the molecule is C.C.CCCCCCOc1cccc2c1C(=O)N(C1CCC(=O)NC1=O)C2=O.Cc1sc2c(c1C)C(c1ccc(Cl)cc1)=N[C@@H](CC(=O)NCCCCCOc1cccc3c1C(=O)N(C1CCC(=O)NC1=O)C3=O)c1nnc(C)n1-2.Cc1sc2c(c1C)C(c1ccc(Cl)cc1)=N[C@@H](CC(=O)O)c1nnc(C)n1-2. The van der Waals surface area contributed by atoms with Gasteiger partial charge in [0.05, 0.1) is 59.7 Å². The molecule has 0 bridgehead atoms. The van der Waals surface area contributed by atoms with Gasteiger partial charge >= 0.3 is 5.97 Å². The van der Waals surface area contributed by atoms with Crippen LogP contribution < -0.4 is 25.4 Å². The third-order valence-electron chi connectivity index (χ3n) is 19.0. The molecule has 2 unspecified atom stereocenters. The van der Waals surface area contributed by atoms with Gasteiger partial charge in [-0.3, -0.25) is 87.5 Å². The predicted octanol–water partition coefficient (Wildman–Crippen LogP) is 12.5. The zero-order chi connectivity index (χ0) is 74.7. The number of carboxylic acids is 1. The molecule has 9 amide bonds. The van der Waals surface area contributed by atoms with Crippen LogP contribution in [0.25, 0.3) is 10.0 Å². The van der Waals surface area contributed by atoms with E-state index in [-0.39, 0.29) is 99.8 Å². The van der Waals surface area contributed by atoms with E-state index in [1.54, 1.807) is 53.0 Å². The lowest BCUT2D eigenvalue weighted by molar-refractivity contribution is -0.138. The maximum atomic E-state index is 13.3. The number of aromatic nitrogens is 6. The summed E-state index contributed by atoms with van der Waals surface area (Å²) >= 11 is 15.6. The number of nitrogens with one attached hydrogen (secondary N) is 3. The van der Waals surface area contributed by atoms with Gasteiger partial charge in [0.25, 0.3) is 23.6 Å². The van der Waals surface area contributed by atoms with Crippen LogP contribution in [0.1, 0.15) is 225 Å². The second-order valence-corrected chi connectivity index (χ2v) is 29.3. The van der Waals surface area contributed by atoms with E-state index in [0.29, 0.717) is 53.4 Å². The summed E-state index contributed by atoms with van der Waals surface area (Å²) in [6.45, 7) is 15.4. The van der Waals surface area contributed by atoms with Crippen LogP contribution in [0, 0.1) is 41.5 Å². The first-order valence-corrected chi connectivity index (χ1v) is 37.0. The lowest BCUT2D eigenvalue weighted by Gasteiger charge is -2.27. The highest BCUT2D eigenvalue weighted by Gasteiger charge is 2.48. The number of hydrogen-bond acceptors (Lipinski definition) is 20. The fourth-order valence-corrected chi connectivity index (χ4v) is 16.1.